The summed E-state index contributed by atoms with van der Waals surface area (Å²) >= 11 is 5.88. The van der Waals surface area contributed by atoms with Crippen LogP contribution in [0.4, 0.5) is 0 Å². The predicted octanol–water partition coefficient (Wildman–Crippen LogP) is 1.23. The number of piperidine rings is 1. The molecule has 1 heterocycles. The number of hydrogen-bond acceptors (Lipinski definition) is 2. The first-order valence-electron chi connectivity index (χ1n) is 5.22. The lowest BCUT2D eigenvalue weighted by molar-refractivity contribution is -0.132. The Kier molecular flexibility index (Phi) is 4.69. The molecule has 0 aromatic heterocycles. The van der Waals surface area contributed by atoms with E-state index in [-0.39, 0.29) is 17.9 Å². The molecule has 0 aliphatic carbocycles. The lowest BCUT2D eigenvalue weighted by Crippen LogP contribution is -2.42. The lowest BCUT2D eigenvalue weighted by Gasteiger charge is -2.32. The summed E-state index contributed by atoms with van der Waals surface area (Å²) in [7, 11) is 0. The van der Waals surface area contributed by atoms with Crippen LogP contribution in [-0.2, 0) is 4.79 Å². The number of halogens is 1. The van der Waals surface area contributed by atoms with Gasteiger partial charge in [0.1, 0.15) is 5.38 Å². The van der Waals surface area contributed by atoms with E-state index in [1.54, 1.807) is 0 Å². The number of aliphatic hydroxyl groups is 1. The number of alkyl halides is 1. The third-order valence-corrected chi connectivity index (χ3v) is 3.31. The Morgan fingerprint density at radius 1 is 1.57 bits per heavy atom. The molecule has 0 bridgehead atoms. The van der Waals surface area contributed by atoms with Gasteiger partial charge in [0.05, 0.1) is 0 Å². The van der Waals surface area contributed by atoms with E-state index in [0.29, 0.717) is 12.3 Å². The number of rotatable bonds is 3. The van der Waals surface area contributed by atoms with Crippen molar-refractivity contribution in [2.45, 2.75) is 31.6 Å². The molecule has 1 atom stereocenters. The highest BCUT2D eigenvalue weighted by Crippen LogP contribution is 2.18. The SMILES string of the molecule is CC[C@H](Cl)C(=O)N1CCC(CO)CC1. The van der Waals surface area contributed by atoms with Gasteiger partial charge in [-0.2, -0.15) is 0 Å². The number of hydrogen-bond donors (Lipinski definition) is 1. The highest BCUT2D eigenvalue weighted by Gasteiger charge is 2.25. The summed E-state index contributed by atoms with van der Waals surface area (Å²) in [6.07, 6.45) is 2.48. The third kappa shape index (κ3) is 2.85. The zero-order chi connectivity index (χ0) is 10.6. The second-order valence-electron chi connectivity index (χ2n) is 3.83. The Hall–Kier alpha value is -0.280. The maximum absolute atomic E-state index is 11.7. The van der Waals surface area contributed by atoms with Gasteiger partial charge in [0.2, 0.25) is 5.91 Å². The fourth-order valence-corrected chi connectivity index (χ4v) is 1.85. The normalized spacial score (nSPS) is 20.9. The molecular weight excluding hydrogens is 202 g/mol. The van der Waals surface area contributed by atoms with Gasteiger partial charge in [0, 0.05) is 19.7 Å². The Bertz CT molecular complexity index is 191. The monoisotopic (exact) mass is 219 g/mol. The molecule has 0 aromatic carbocycles. The van der Waals surface area contributed by atoms with Crippen LogP contribution in [0.1, 0.15) is 26.2 Å². The minimum absolute atomic E-state index is 0.0468. The molecule has 14 heavy (non-hydrogen) atoms. The average molecular weight is 220 g/mol. The summed E-state index contributed by atoms with van der Waals surface area (Å²) in [5, 5.41) is 8.57. The molecule has 1 aliphatic rings. The largest absolute Gasteiger partial charge is 0.396 e. The van der Waals surface area contributed by atoms with E-state index in [9.17, 15) is 4.79 Å². The van der Waals surface area contributed by atoms with Crippen molar-refractivity contribution >= 4 is 17.5 Å². The van der Waals surface area contributed by atoms with Crippen molar-refractivity contribution in [2.75, 3.05) is 19.7 Å². The quantitative estimate of drug-likeness (QED) is 0.726. The van der Waals surface area contributed by atoms with E-state index in [1.807, 2.05) is 11.8 Å². The van der Waals surface area contributed by atoms with Crippen molar-refractivity contribution in [3.8, 4) is 0 Å². The van der Waals surface area contributed by atoms with Gasteiger partial charge >= 0.3 is 0 Å². The minimum atomic E-state index is -0.374. The van der Waals surface area contributed by atoms with E-state index < -0.39 is 0 Å². The Balaban J connectivity index is 2.37. The van der Waals surface area contributed by atoms with Crippen LogP contribution < -0.4 is 0 Å². The van der Waals surface area contributed by atoms with Crippen LogP contribution in [0.2, 0.25) is 0 Å². The second kappa shape index (κ2) is 5.56. The molecule has 1 saturated heterocycles. The number of aliphatic hydroxyl groups excluding tert-OH is 1. The molecular formula is C10H18ClNO2. The average Bonchev–Trinajstić information content (AvgIpc) is 2.27. The fourth-order valence-electron chi connectivity index (χ4n) is 1.71. The number of likely N-dealkylation sites (tertiary alicyclic amines) is 1. The topological polar surface area (TPSA) is 40.5 Å². The fraction of sp³-hybridized carbons (Fsp3) is 0.900. The van der Waals surface area contributed by atoms with E-state index in [0.717, 1.165) is 25.9 Å². The number of amides is 1. The van der Waals surface area contributed by atoms with Gasteiger partial charge < -0.3 is 10.0 Å². The van der Waals surface area contributed by atoms with Gasteiger partial charge in [0.15, 0.2) is 0 Å². The maximum Gasteiger partial charge on any atom is 0.240 e. The smallest absolute Gasteiger partial charge is 0.240 e. The van der Waals surface area contributed by atoms with Crippen LogP contribution in [0.15, 0.2) is 0 Å². The molecule has 0 unspecified atom stereocenters. The van der Waals surface area contributed by atoms with Crippen LogP contribution in [0.3, 0.4) is 0 Å². The van der Waals surface area contributed by atoms with Crippen LogP contribution in [0, 0.1) is 5.92 Å². The number of carbonyl (C=O) groups excluding carboxylic acids is 1. The zero-order valence-electron chi connectivity index (χ0n) is 8.58. The summed E-state index contributed by atoms with van der Waals surface area (Å²) in [4.78, 5) is 13.5. The number of nitrogens with zero attached hydrogens (tertiary/aromatic N) is 1. The van der Waals surface area contributed by atoms with Gasteiger partial charge in [-0.25, -0.2) is 0 Å². The van der Waals surface area contributed by atoms with E-state index in [4.69, 9.17) is 16.7 Å². The summed E-state index contributed by atoms with van der Waals surface area (Å²) in [5.74, 6) is 0.417. The Labute approximate surface area is 90.0 Å². The standard InChI is InChI=1S/C10H18ClNO2/c1-2-9(11)10(14)12-5-3-8(7-13)4-6-12/h8-9,13H,2-7H2,1H3/t9-/m0/s1. The van der Waals surface area contributed by atoms with Crippen molar-refractivity contribution in [3.05, 3.63) is 0 Å². The van der Waals surface area contributed by atoms with Gasteiger partial charge in [-0.3, -0.25) is 4.79 Å². The molecule has 0 aromatic rings. The molecule has 0 saturated carbocycles. The predicted molar refractivity (Wildman–Crippen MR) is 56.3 cm³/mol. The molecule has 1 fully saturated rings. The molecule has 1 N–H and O–H groups in total. The van der Waals surface area contributed by atoms with Crippen molar-refractivity contribution in [2.24, 2.45) is 5.92 Å². The Morgan fingerprint density at radius 3 is 2.57 bits per heavy atom. The minimum Gasteiger partial charge on any atom is -0.396 e. The van der Waals surface area contributed by atoms with Crippen molar-refractivity contribution < 1.29 is 9.90 Å². The van der Waals surface area contributed by atoms with Crippen molar-refractivity contribution in [1.29, 1.82) is 0 Å². The van der Waals surface area contributed by atoms with E-state index in [1.165, 1.54) is 0 Å². The van der Waals surface area contributed by atoms with E-state index >= 15 is 0 Å². The summed E-state index contributed by atoms with van der Waals surface area (Å²) in [6, 6.07) is 0. The highest BCUT2D eigenvalue weighted by molar-refractivity contribution is 6.30. The second-order valence-corrected chi connectivity index (χ2v) is 4.35. The van der Waals surface area contributed by atoms with Gasteiger partial charge in [-0.15, -0.1) is 11.6 Å². The molecule has 1 rings (SSSR count). The molecule has 1 amide bonds. The Morgan fingerprint density at radius 2 is 2.14 bits per heavy atom. The van der Waals surface area contributed by atoms with Crippen molar-refractivity contribution in [3.63, 3.8) is 0 Å². The summed E-state index contributed by atoms with van der Waals surface area (Å²) in [6.45, 7) is 3.64. The van der Waals surface area contributed by atoms with Crippen LogP contribution in [-0.4, -0.2) is 41.0 Å². The van der Waals surface area contributed by atoms with Gasteiger partial charge in [-0.1, -0.05) is 6.92 Å². The summed E-state index contributed by atoms with van der Waals surface area (Å²) < 4.78 is 0. The van der Waals surface area contributed by atoms with Crippen LogP contribution in [0.25, 0.3) is 0 Å². The molecule has 4 heteroatoms. The number of carbonyl (C=O) groups is 1. The zero-order valence-corrected chi connectivity index (χ0v) is 9.33. The van der Waals surface area contributed by atoms with Crippen molar-refractivity contribution in [1.82, 2.24) is 4.90 Å². The first-order chi connectivity index (χ1) is 6.69. The van der Waals surface area contributed by atoms with Gasteiger partial charge in [-0.05, 0) is 25.2 Å². The molecule has 1 aliphatic heterocycles. The van der Waals surface area contributed by atoms with E-state index in [2.05, 4.69) is 0 Å². The maximum atomic E-state index is 11.7. The molecule has 0 spiro atoms. The van der Waals surface area contributed by atoms with Crippen LogP contribution in [0.5, 0.6) is 0 Å². The first-order valence-corrected chi connectivity index (χ1v) is 5.66. The first kappa shape index (κ1) is 11.8. The highest BCUT2D eigenvalue weighted by atomic mass is 35.5. The molecule has 0 radical (unpaired) electrons. The van der Waals surface area contributed by atoms with Gasteiger partial charge in [0.25, 0.3) is 0 Å². The lowest BCUT2D eigenvalue weighted by atomic mass is 9.97. The molecule has 82 valence electrons. The third-order valence-electron chi connectivity index (χ3n) is 2.81. The van der Waals surface area contributed by atoms with Crippen LogP contribution >= 0.6 is 11.6 Å². The molecule has 3 nitrogen and oxygen atoms in total. The summed E-state index contributed by atoms with van der Waals surface area (Å²) in [5.41, 5.74) is 0.